The van der Waals surface area contributed by atoms with E-state index in [1.165, 1.54) is 29.2 Å². The summed E-state index contributed by atoms with van der Waals surface area (Å²) in [5.74, 6) is -1.52. The predicted molar refractivity (Wildman–Crippen MR) is 60.2 cm³/mol. The van der Waals surface area contributed by atoms with E-state index in [-0.39, 0.29) is 12.3 Å². The maximum atomic E-state index is 12.7. The fraction of sp³-hybridized carbons (Fsp3) is 0.333. The van der Waals surface area contributed by atoms with Gasteiger partial charge in [-0.05, 0) is 30.7 Å². The summed E-state index contributed by atoms with van der Waals surface area (Å²) < 4.78 is 12.7. The number of benzene rings is 1. The number of carbonyl (C=O) groups excluding carboxylic acids is 1. The molecule has 0 saturated heterocycles. The van der Waals surface area contributed by atoms with Gasteiger partial charge in [0.05, 0.1) is 0 Å². The Morgan fingerprint density at radius 1 is 1.29 bits per heavy atom. The zero-order valence-electron chi connectivity index (χ0n) is 9.52. The minimum absolute atomic E-state index is 0.0288. The van der Waals surface area contributed by atoms with Crippen LogP contribution in [0.25, 0.3) is 0 Å². The first-order valence-electron chi connectivity index (χ1n) is 5.23. The van der Waals surface area contributed by atoms with E-state index < -0.39 is 11.8 Å². The van der Waals surface area contributed by atoms with E-state index in [1.54, 1.807) is 7.05 Å². The monoisotopic (exact) mass is 239 g/mol. The van der Waals surface area contributed by atoms with Gasteiger partial charge in [0.2, 0.25) is 0 Å². The van der Waals surface area contributed by atoms with Gasteiger partial charge in [-0.25, -0.2) is 4.39 Å². The Bertz CT molecular complexity index is 403. The van der Waals surface area contributed by atoms with Crippen molar-refractivity contribution < 1.29 is 19.1 Å². The summed E-state index contributed by atoms with van der Waals surface area (Å²) in [5, 5.41) is 8.47. The van der Waals surface area contributed by atoms with E-state index >= 15 is 0 Å². The highest BCUT2D eigenvalue weighted by molar-refractivity contribution is 5.94. The second-order valence-corrected chi connectivity index (χ2v) is 3.73. The predicted octanol–water partition coefficient (Wildman–Crippen LogP) is 1.76. The van der Waals surface area contributed by atoms with Gasteiger partial charge in [0.15, 0.2) is 0 Å². The highest BCUT2D eigenvalue weighted by atomic mass is 19.1. The summed E-state index contributed by atoms with van der Waals surface area (Å²) >= 11 is 0. The quantitative estimate of drug-likeness (QED) is 0.851. The van der Waals surface area contributed by atoms with Gasteiger partial charge in [-0.3, -0.25) is 9.59 Å². The van der Waals surface area contributed by atoms with Crippen molar-refractivity contribution in [3.8, 4) is 0 Å². The number of halogens is 1. The number of carboxylic acid groups (broad SMARTS) is 1. The van der Waals surface area contributed by atoms with E-state index in [9.17, 15) is 14.0 Å². The fourth-order valence-electron chi connectivity index (χ4n) is 1.38. The first-order valence-corrected chi connectivity index (χ1v) is 5.23. The van der Waals surface area contributed by atoms with Gasteiger partial charge in [0, 0.05) is 25.6 Å². The number of carboxylic acids is 1. The first-order chi connectivity index (χ1) is 8.00. The highest BCUT2D eigenvalue weighted by Crippen LogP contribution is 2.06. The molecule has 0 aliphatic rings. The Hall–Kier alpha value is -1.91. The third-order valence-corrected chi connectivity index (χ3v) is 2.32. The van der Waals surface area contributed by atoms with Crippen molar-refractivity contribution in [2.45, 2.75) is 12.8 Å². The minimum Gasteiger partial charge on any atom is -0.481 e. The normalized spacial score (nSPS) is 10.0. The van der Waals surface area contributed by atoms with Crippen LogP contribution in [-0.4, -0.2) is 35.5 Å². The van der Waals surface area contributed by atoms with Crippen molar-refractivity contribution in [2.24, 2.45) is 0 Å². The molecule has 0 aliphatic carbocycles. The summed E-state index contributed by atoms with van der Waals surface area (Å²) in [5.41, 5.74) is 0.393. The van der Waals surface area contributed by atoms with Gasteiger partial charge < -0.3 is 10.0 Å². The molecule has 92 valence electrons. The Morgan fingerprint density at radius 3 is 2.41 bits per heavy atom. The lowest BCUT2D eigenvalue weighted by Gasteiger charge is -2.16. The van der Waals surface area contributed by atoms with Crippen LogP contribution in [0.2, 0.25) is 0 Å². The summed E-state index contributed by atoms with van der Waals surface area (Å²) in [6.45, 7) is 0.364. The van der Waals surface area contributed by atoms with Crippen LogP contribution >= 0.6 is 0 Å². The molecule has 0 aliphatic heterocycles. The van der Waals surface area contributed by atoms with Crippen molar-refractivity contribution in [3.05, 3.63) is 35.6 Å². The molecule has 5 heteroatoms. The van der Waals surface area contributed by atoms with Gasteiger partial charge >= 0.3 is 5.97 Å². The molecular weight excluding hydrogens is 225 g/mol. The summed E-state index contributed by atoms with van der Waals surface area (Å²) in [4.78, 5) is 23.5. The van der Waals surface area contributed by atoms with E-state index in [4.69, 9.17) is 5.11 Å². The van der Waals surface area contributed by atoms with Crippen LogP contribution in [0.4, 0.5) is 4.39 Å². The van der Waals surface area contributed by atoms with Crippen molar-refractivity contribution in [1.82, 2.24) is 4.90 Å². The molecule has 0 bridgehead atoms. The molecule has 1 aromatic rings. The molecule has 0 saturated carbocycles. The minimum atomic E-state index is -0.882. The number of nitrogens with zero attached hydrogens (tertiary/aromatic N) is 1. The standard InChI is InChI=1S/C12H14FNO3/c1-14(8-2-3-11(15)16)12(17)9-4-6-10(13)7-5-9/h4-7H,2-3,8H2,1H3,(H,15,16). The molecule has 1 N–H and O–H groups in total. The average Bonchev–Trinajstić information content (AvgIpc) is 2.28. The molecule has 1 rings (SSSR count). The molecule has 0 heterocycles. The maximum absolute atomic E-state index is 12.7. The Balaban J connectivity index is 2.51. The molecule has 0 fully saturated rings. The van der Waals surface area contributed by atoms with E-state index in [2.05, 4.69) is 0 Å². The molecular formula is C12H14FNO3. The van der Waals surface area contributed by atoms with Crippen LogP contribution in [0.15, 0.2) is 24.3 Å². The fourth-order valence-corrected chi connectivity index (χ4v) is 1.38. The number of carbonyl (C=O) groups is 2. The van der Waals surface area contributed by atoms with Crippen LogP contribution in [0.1, 0.15) is 23.2 Å². The molecule has 1 aromatic carbocycles. The van der Waals surface area contributed by atoms with Crippen LogP contribution in [0.3, 0.4) is 0 Å². The smallest absolute Gasteiger partial charge is 0.303 e. The molecule has 17 heavy (non-hydrogen) atoms. The third-order valence-electron chi connectivity index (χ3n) is 2.32. The zero-order chi connectivity index (χ0) is 12.8. The lowest BCUT2D eigenvalue weighted by atomic mass is 10.2. The maximum Gasteiger partial charge on any atom is 0.303 e. The lowest BCUT2D eigenvalue weighted by molar-refractivity contribution is -0.137. The first kappa shape index (κ1) is 13.2. The van der Waals surface area contributed by atoms with Crippen molar-refractivity contribution in [2.75, 3.05) is 13.6 Å². The lowest BCUT2D eigenvalue weighted by Crippen LogP contribution is -2.28. The van der Waals surface area contributed by atoms with E-state index in [1.807, 2.05) is 0 Å². The van der Waals surface area contributed by atoms with Crippen LogP contribution in [0.5, 0.6) is 0 Å². The molecule has 0 spiro atoms. The molecule has 4 nitrogen and oxygen atoms in total. The Morgan fingerprint density at radius 2 is 1.88 bits per heavy atom. The number of aliphatic carboxylic acids is 1. The molecule has 0 unspecified atom stereocenters. The van der Waals surface area contributed by atoms with Gasteiger partial charge in [-0.2, -0.15) is 0 Å². The Kier molecular flexibility index (Phi) is 4.63. The SMILES string of the molecule is CN(CCCC(=O)O)C(=O)c1ccc(F)cc1. The van der Waals surface area contributed by atoms with Gasteiger partial charge in [-0.1, -0.05) is 0 Å². The van der Waals surface area contributed by atoms with E-state index in [0.29, 0.717) is 18.5 Å². The zero-order valence-corrected chi connectivity index (χ0v) is 9.52. The molecule has 0 aromatic heterocycles. The number of amides is 1. The average molecular weight is 239 g/mol. The van der Waals surface area contributed by atoms with Crippen LogP contribution < -0.4 is 0 Å². The summed E-state index contributed by atoms with van der Waals surface area (Å²) in [6, 6.07) is 5.26. The number of hydrogen-bond acceptors (Lipinski definition) is 2. The third kappa shape index (κ3) is 4.22. The highest BCUT2D eigenvalue weighted by Gasteiger charge is 2.11. The van der Waals surface area contributed by atoms with Crippen LogP contribution in [-0.2, 0) is 4.79 Å². The van der Waals surface area contributed by atoms with Gasteiger partial charge in [0.25, 0.3) is 5.91 Å². The van der Waals surface area contributed by atoms with Gasteiger partial charge in [-0.15, -0.1) is 0 Å². The number of rotatable bonds is 5. The van der Waals surface area contributed by atoms with Gasteiger partial charge in [0.1, 0.15) is 5.82 Å². The topological polar surface area (TPSA) is 57.6 Å². The van der Waals surface area contributed by atoms with E-state index in [0.717, 1.165) is 0 Å². The second kappa shape index (κ2) is 5.98. The second-order valence-electron chi connectivity index (χ2n) is 3.73. The summed E-state index contributed by atoms with van der Waals surface area (Å²) in [6.07, 6.45) is 0.430. The van der Waals surface area contributed by atoms with Crippen molar-refractivity contribution >= 4 is 11.9 Å². The Labute approximate surface area is 98.7 Å². The van der Waals surface area contributed by atoms with Crippen molar-refractivity contribution in [3.63, 3.8) is 0 Å². The largest absolute Gasteiger partial charge is 0.481 e. The molecule has 1 amide bonds. The van der Waals surface area contributed by atoms with Crippen LogP contribution in [0, 0.1) is 5.82 Å². The molecule has 0 atom stereocenters. The van der Waals surface area contributed by atoms with Crippen molar-refractivity contribution in [1.29, 1.82) is 0 Å². The number of hydrogen-bond donors (Lipinski definition) is 1. The molecule has 0 radical (unpaired) electrons. The summed E-state index contributed by atoms with van der Waals surface area (Å²) in [7, 11) is 1.59.